The third-order valence-corrected chi connectivity index (χ3v) is 12.4. The van der Waals surface area contributed by atoms with E-state index >= 15 is 0 Å². The number of hydrogen-bond acceptors (Lipinski definition) is 5. The van der Waals surface area contributed by atoms with Gasteiger partial charge in [-0.3, -0.25) is 0 Å². The lowest BCUT2D eigenvalue weighted by Gasteiger charge is -2.33. The molecule has 8 heteroatoms. The van der Waals surface area contributed by atoms with Gasteiger partial charge >= 0.3 is 0 Å². The average molecular weight is 472 g/mol. The maximum Gasteiger partial charge on any atom is 0.284 e. The van der Waals surface area contributed by atoms with Crippen molar-refractivity contribution in [3.8, 4) is 0 Å². The average Bonchev–Trinajstić information content (AvgIpc) is 3.31. The Hall–Kier alpha value is -2.29. The van der Waals surface area contributed by atoms with Gasteiger partial charge in [0.25, 0.3) is 10.0 Å². The zero-order valence-corrected chi connectivity index (χ0v) is 21.2. The lowest BCUT2D eigenvalue weighted by molar-refractivity contribution is 0.179. The molecule has 1 atom stereocenters. The Bertz CT molecular complexity index is 1090. The van der Waals surface area contributed by atoms with E-state index in [1.165, 1.54) is 6.20 Å². The minimum absolute atomic E-state index is 0.0402. The van der Waals surface area contributed by atoms with Gasteiger partial charge in [0.05, 0.1) is 22.9 Å². The van der Waals surface area contributed by atoms with Crippen molar-refractivity contribution in [1.82, 2.24) is 14.4 Å². The number of nitrogens with zero attached hydrogens (tertiary/aromatic N) is 3. The molecule has 3 aromatic rings. The van der Waals surface area contributed by atoms with Gasteiger partial charge in [-0.15, -0.1) is 9.19 Å². The summed E-state index contributed by atoms with van der Waals surface area (Å²) in [4.78, 5) is 0.203. The molecule has 0 N–H and O–H groups in total. The van der Waals surface area contributed by atoms with Crippen LogP contribution in [-0.2, 0) is 20.9 Å². The molecule has 0 spiro atoms. The molecule has 6 nitrogen and oxygen atoms in total. The molecule has 0 fully saturated rings. The maximum absolute atomic E-state index is 12.9. The van der Waals surface area contributed by atoms with Crippen LogP contribution in [0.3, 0.4) is 0 Å². The first-order valence-electron chi connectivity index (χ1n) is 11.3. The van der Waals surface area contributed by atoms with Crippen LogP contribution < -0.4 is 0 Å². The van der Waals surface area contributed by atoms with Crippen molar-refractivity contribution in [2.24, 2.45) is 0 Å². The van der Waals surface area contributed by atoms with Crippen LogP contribution >= 0.6 is 0 Å². The van der Waals surface area contributed by atoms with Crippen LogP contribution in [0.15, 0.2) is 65.7 Å². The summed E-state index contributed by atoms with van der Waals surface area (Å²) in [6.07, 6.45) is 2.79. The zero-order valence-electron chi connectivity index (χ0n) is 19.4. The van der Waals surface area contributed by atoms with E-state index in [9.17, 15) is 8.42 Å². The molecule has 32 heavy (non-hydrogen) atoms. The summed E-state index contributed by atoms with van der Waals surface area (Å²) in [6, 6.07) is 20.2. The van der Waals surface area contributed by atoms with Crippen LogP contribution in [0.4, 0.5) is 0 Å². The normalized spacial score (nSPS) is 13.2. The van der Waals surface area contributed by atoms with Crippen molar-refractivity contribution in [2.75, 3.05) is 0 Å². The molecule has 0 bridgehead atoms. The largest absolute Gasteiger partial charge is 0.410 e. The van der Waals surface area contributed by atoms with Gasteiger partial charge in [0.2, 0.25) is 0 Å². The van der Waals surface area contributed by atoms with Crippen LogP contribution in [-0.4, -0.2) is 31.1 Å². The summed E-state index contributed by atoms with van der Waals surface area (Å²) in [6.45, 7) is 8.59. The molecule has 0 aliphatic carbocycles. The highest BCUT2D eigenvalue weighted by atomic mass is 32.2. The van der Waals surface area contributed by atoms with Crippen molar-refractivity contribution in [2.45, 2.75) is 69.7 Å². The quantitative estimate of drug-likeness (QED) is 0.344. The first kappa shape index (κ1) is 24.4. The summed E-state index contributed by atoms with van der Waals surface area (Å²) in [5.41, 5.74) is 2.79. The van der Waals surface area contributed by atoms with Gasteiger partial charge in [-0.2, -0.15) is 8.42 Å². The third kappa shape index (κ3) is 5.54. The van der Waals surface area contributed by atoms with E-state index in [-0.39, 0.29) is 11.0 Å². The minimum Gasteiger partial charge on any atom is -0.410 e. The predicted octanol–water partition coefficient (Wildman–Crippen LogP) is 5.52. The topological polar surface area (TPSA) is 74.1 Å². The molecule has 0 saturated heterocycles. The SMILES string of the molecule is CC[Si](CC)(CC)OC(CCc1cn(S(=O)(=O)c2ccc(C)cc2)nn1)c1ccccc1. The monoisotopic (exact) mass is 471 g/mol. The van der Waals surface area contributed by atoms with E-state index in [0.29, 0.717) is 12.1 Å². The first-order valence-corrected chi connectivity index (χ1v) is 15.3. The number of benzene rings is 2. The highest BCUT2D eigenvalue weighted by Gasteiger charge is 2.32. The number of aromatic nitrogens is 3. The van der Waals surface area contributed by atoms with Gasteiger partial charge in [0.15, 0.2) is 8.32 Å². The van der Waals surface area contributed by atoms with E-state index in [0.717, 1.165) is 39.8 Å². The fraction of sp³-hybridized carbons (Fsp3) is 0.417. The Labute approximate surface area is 192 Å². The maximum atomic E-state index is 12.9. The lowest BCUT2D eigenvalue weighted by atomic mass is 10.0. The van der Waals surface area contributed by atoms with Crippen LogP contribution in [0.25, 0.3) is 0 Å². The third-order valence-electron chi connectivity index (χ3n) is 6.25. The zero-order chi connectivity index (χ0) is 23.2. The highest BCUT2D eigenvalue weighted by Crippen LogP contribution is 2.32. The van der Waals surface area contributed by atoms with E-state index in [4.69, 9.17) is 4.43 Å². The Morgan fingerprint density at radius 1 is 0.969 bits per heavy atom. The molecule has 0 radical (unpaired) electrons. The summed E-state index contributed by atoms with van der Waals surface area (Å²) in [5, 5.41) is 8.04. The van der Waals surface area contributed by atoms with Crippen molar-refractivity contribution in [3.63, 3.8) is 0 Å². The number of aryl methyl sites for hydroxylation is 2. The summed E-state index contributed by atoms with van der Waals surface area (Å²) >= 11 is 0. The molecule has 0 saturated carbocycles. The van der Waals surface area contributed by atoms with Gasteiger partial charge in [-0.1, -0.05) is 74.0 Å². The summed E-state index contributed by atoms with van der Waals surface area (Å²) < 4.78 is 33.5. The van der Waals surface area contributed by atoms with Crippen LogP contribution in [0, 0.1) is 6.92 Å². The minimum atomic E-state index is -3.75. The smallest absolute Gasteiger partial charge is 0.284 e. The van der Waals surface area contributed by atoms with Gasteiger partial charge in [-0.05, 0) is 55.6 Å². The molecule has 0 aliphatic heterocycles. The highest BCUT2D eigenvalue weighted by molar-refractivity contribution is 7.89. The Morgan fingerprint density at radius 2 is 1.59 bits per heavy atom. The molecule has 1 unspecified atom stereocenters. The van der Waals surface area contributed by atoms with E-state index in [1.807, 2.05) is 25.1 Å². The number of hydrogen-bond donors (Lipinski definition) is 0. The molecule has 2 aromatic carbocycles. The fourth-order valence-electron chi connectivity index (χ4n) is 3.87. The molecular formula is C24H33N3O3SSi. The fourth-order valence-corrected chi connectivity index (χ4v) is 7.82. The van der Waals surface area contributed by atoms with E-state index in [1.54, 1.807) is 24.3 Å². The molecule has 172 valence electrons. The van der Waals surface area contributed by atoms with Gasteiger partial charge in [0, 0.05) is 0 Å². The lowest BCUT2D eigenvalue weighted by Crippen LogP contribution is -2.37. The Kier molecular flexibility index (Phi) is 8.03. The van der Waals surface area contributed by atoms with Crippen molar-refractivity contribution >= 4 is 18.3 Å². The Balaban J connectivity index is 1.78. The molecule has 3 rings (SSSR count). The van der Waals surface area contributed by atoms with Crippen molar-refractivity contribution in [1.29, 1.82) is 0 Å². The standard InChI is InChI=1S/C24H33N3O3SSi/c1-5-32(6-2,7-3)30-24(21-11-9-8-10-12-21)18-15-22-19-27(26-25-22)31(28,29)23-16-13-20(4)14-17-23/h8-14,16-17,19,24H,5-7,15,18H2,1-4H3. The first-order chi connectivity index (χ1) is 15.3. The van der Waals surface area contributed by atoms with Gasteiger partial charge < -0.3 is 4.43 Å². The van der Waals surface area contributed by atoms with Crippen molar-refractivity contribution in [3.05, 3.63) is 77.6 Å². The molecule has 1 aromatic heterocycles. The molecule has 0 amide bonds. The molecule has 1 heterocycles. The van der Waals surface area contributed by atoms with Crippen LogP contribution in [0.2, 0.25) is 18.1 Å². The number of rotatable bonds is 11. The molecular weight excluding hydrogens is 438 g/mol. The van der Waals surface area contributed by atoms with Crippen LogP contribution in [0.1, 0.15) is 50.1 Å². The van der Waals surface area contributed by atoms with Gasteiger partial charge in [-0.25, -0.2) is 0 Å². The summed E-state index contributed by atoms with van der Waals surface area (Å²) in [5.74, 6) is 0. The van der Waals surface area contributed by atoms with Crippen molar-refractivity contribution < 1.29 is 12.8 Å². The van der Waals surface area contributed by atoms with E-state index < -0.39 is 18.3 Å². The van der Waals surface area contributed by atoms with Crippen LogP contribution in [0.5, 0.6) is 0 Å². The van der Waals surface area contributed by atoms with Gasteiger partial charge in [0.1, 0.15) is 0 Å². The second kappa shape index (κ2) is 10.5. The summed E-state index contributed by atoms with van der Waals surface area (Å²) in [7, 11) is -5.56. The Morgan fingerprint density at radius 3 is 2.19 bits per heavy atom. The molecule has 0 aliphatic rings. The second-order valence-corrected chi connectivity index (χ2v) is 14.7. The van der Waals surface area contributed by atoms with E-state index in [2.05, 4.69) is 43.2 Å². The second-order valence-electron chi connectivity index (χ2n) is 8.20. The predicted molar refractivity (Wildman–Crippen MR) is 130 cm³/mol.